The number of nitrogens with one attached hydrogen (secondary N) is 1. The van der Waals surface area contributed by atoms with E-state index in [1.807, 2.05) is 25.1 Å². The van der Waals surface area contributed by atoms with Crippen LogP contribution >= 0.6 is 11.8 Å². The molecule has 128 valence electrons. The predicted octanol–water partition coefficient (Wildman–Crippen LogP) is 5.19. The highest BCUT2D eigenvalue weighted by molar-refractivity contribution is 7.99. The Labute approximate surface area is 150 Å². The second-order valence-corrected chi connectivity index (χ2v) is 7.58. The minimum Gasteiger partial charge on any atom is -0.348 e. The molecular formula is C21H27NOS. The quantitative estimate of drug-likeness (QED) is 0.750. The minimum atomic E-state index is -0.0641. The molecule has 24 heavy (non-hydrogen) atoms. The third-order valence-corrected chi connectivity index (χ3v) is 5.58. The van der Waals surface area contributed by atoms with Crippen molar-refractivity contribution in [2.75, 3.05) is 0 Å². The molecule has 0 unspecified atom stereocenters. The van der Waals surface area contributed by atoms with Crippen LogP contribution in [0.5, 0.6) is 0 Å². The van der Waals surface area contributed by atoms with E-state index in [1.54, 1.807) is 11.8 Å². The zero-order chi connectivity index (χ0) is 17.5. The molecule has 0 fully saturated rings. The van der Waals surface area contributed by atoms with E-state index in [2.05, 4.69) is 56.4 Å². The molecule has 2 rings (SSSR count). The van der Waals surface area contributed by atoms with E-state index in [0.717, 1.165) is 12.2 Å². The Morgan fingerprint density at radius 3 is 2.42 bits per heavy atom. The minimum absolute atomic E-state index is 0.0641. The highest BCUT2D eigenvalue weighted by Crippen LogP contribution is 2.22. The van der Waals surface area contributed by atoms with E-state index in [0.29, 0.717) is 0 Å². The molecule has 0 aromatic heterocycles. The molecule has 0 aliphatic heterocycles. The fourth-order valence-corrected chi connectivity index (χ4v) is 3.42. The monoisotopic (exact) mass is 341 g/mol. The molecule has 1 N–H and O–H groups in total. The SMILES string of the molecule is CC[C@H](NC(=O)[C@H](C)SCc1ccccc1)c1ccc(C)c(C)c1. The summed E-state index contributed by atoms with van der Waals surface area (Å²) < 4.78 is 0. The average molecular weight is 342 g/mol. The van der Waals surface area contributed by atoms with Gasteiger partial charge in [0.05, 0.1) is 11.3 Å². The van der Waals surface area contributed by atoms with Crippen molar-refractivity contribution in [3.05, 3.63) is 70.8 Å². The highest BCUT2D eigenvalue weighted by atomic mass is 32.2. The number of benzene rings is 2. The van der Waals surface area contributed by atoms with Crippen LogP contribution in [0.4, 0.5) is 0 Å². The first-order chi connectivity index (χ1) is 11.5. The molecule has 2 aromatic carbocycles. The third-order valence-electron chi connectivity index (χ3n) is 4.37. The lowest BCUT2D eigenvalue weighted by molar-refractivity contribution is -0.121. The van der Waals surface area contributed by atoms with E-state index in [4.69, 9.17) is 0 Å². The van der Waals surface area contributed by atoms with Crippen molar-refractivity contribution in [1.82, 2.24) is 5.32 Å². The number of hydrogen-bond donors (Lipinski definition) is 1. The first-order valence-corrected chi connectivity index (χ1v) is 9.59. The van der Waals surface area contributed by atoms with Crippen molar-refractivity contribution in [2.24, 2.45) is 0 Å². The van der Waals surface area contributed by atoms with Crippen LogP contribution in [0, 0.1) is 13.8 Å². The number of aryl methyl sites for hydroxylation is 2. The summed E-state index contributed by atoms with van der Waals surface area (Å²) in [6, 6.07) is 16.8. The first kappa shape index (κ1) is 18.6. The third kappa shape index (κ3) is 5.13. The lowest BCUT2D eigenvalue weighted by Gasteiger charge is -2.21. The van der Waals surface area contributed by atoms with Gasteiger partial charge < -0.3 is 5.32 Å². The Hall–Kier alpha value is -1.74. The van der Waals surface area contributed by atoms with Crippen LogP contribution in [-0.2, 0) is 10.5 Å². The molecule has 0 radical (unpaired) electrons. The lowest BCUT2D eigenvalue weighted by Crippen LogP contribution is -2.34. The van der Waals surface area contributed by atoms with Gasteiger partial charge in [0.2, 0.25) is 5.91 Å². The van der Waals surface area contributed by atoms with Gasteiger partial charge in [-0.15, -0.1) is 11.8 Å². The van der Waals surface area contributed by atoms with Crippen LogP contribution in [0.1, 0.15) is 48.6 Å². The van der Waals surface area contributed by atoms with Crippen LogP contribution in [0.3, 0.4) is 0 Å². The lowest BCUT2D eigenvalue weighted by atomic mass is 9.99. The second kappa shape index (κ2) is 8.93. The van der Waals surface area contributed by atoms with E-state index >= 15 is 0 Å². The summed E-state index contributed by atoms with van der Waals surface area (Å²) >= 11 is 1.68. The van der Waals surface area contributed by atoms with Gasteiger partial charge in [-0.3, -0.25) is 4.79 Å². The van der Waals surface area contributed by atoms with Gasteiger partial charge in [0, 0.05) is 5.75 Å². The molecule has 2 atom stereocenters. The predicted molar refractivity (Wildman–Crippen MR) is 104 cm³/mol. The summed E-state index contributed by atoms with van der Waals surface area (Å²) in [5, 5.41) is 3.14. The van der Waals surface area contributed by atoms with E-state index in [9.17, 15) is 4.79 Å². The number of rotatable bonds is 7. The second-order valence-electron chi connectivity index (χ2n) is 6.25. The van der Waals surface area contributed by atoms with Crippen LogP contribution in [0.15, 0.2) is 48.5 Å². The molecular weight excluding hydrogens is 314 g/mol. The molecule has 2 nitrogen and oxygen atoms in total. The number of carbonyl (C=O) groups excluding carboxylic acids is 1. The molecule has 1 amide bonds. The Balaban J connectivity index is 1.94. The maximum Gasteiger partial charge on any atom is 0.233 e. The summed E-state index contributed by atoms with van der Waals surface area (Å²) in [6.07, 6.45) is 0.893. The topological polar surface area (TPSA) is 29.1 Å². The Kier molecular flexibility index (Phi) is 6.92. The fraction of sp³-hybridized carbons (Fsp3) is 0.381. The van der Waals surface area contributed by atoms with Crippen molar-refractivity contribution >= 4 is 17.7 Å². The van der Waals surface area contributed by atoms with Crippen LogP contribution < -0.4 is 5.32 Å². The summed E-state index contributed by atoms with van der Waals surface area (Å²) in [6.45, 7) is 8.32. The average Bonchev–Trinajstić information content (AvgIpc) is 2.60. The van der Waals surface area contributed by atoms with Crippen LogP contribution in [0.2, 0.25) is 0 Å². The largest absolute Gasteiger partial charge is 0.348 e. The molecule has 0 saturated carbocycles. The van der Waals surface area contributed by atoms with Crippen LogP contribution in [-0.4, -0.2) is 11.2 Å². The van der Waals surface area contributed by atoms with Gasteiger partial charge in [0.1, 0.15) is 0 Å². The summed E-state index contributed by atoms with van der Waals surface area (Å²) in [7, 11) is 0. The molecule has 2 aromatic rings. The maximum absolute atomic E-state index is 12.5. The number of amides is 1. The van der Waals surface area contributed by atoms with Crippen molar-refractivity contribution < 1.29 is 4.79 Å². The normalized spacial score (nSPS) is 13.3. The van der Waals surface area contributed by atoms with Crippen LogP contribution in [0.25, 0.3) is 0 Å². The van der Waals surface area contributed by atoms with E-state index in [-0.39, 0.29) is 17.2 Å². The summed E-state index contributed by atoms with van der Waals surface area (Å²) in [5.74, 6) is 0.969. The molecule has 3 heteroatoms. The maximum atomic E-state index is 12.5. The van der Waals surface area contributed by atoms with Crippen molar-refractivity contribution in [2.45, 2.75) is 51.2 Å². The zero-order valence-corrected chi connectivity index (χ0v) is 15.8. The van der Waals surface area contributed by atoms with Gasteiger partial charge in [-0.1, -0.05) is 55.5 Å². The standard InChI is InChI=1S/C21H27NOS/c1-5-20(19-12-11-15(2)16(3)13-19)22-21(23)17(4)24-14-18-9-7-6-8-10-18/h6-13,17,20H,5,14H2,1-4H3,(H,22,23)/t17-,20-/m0/s1. The van der Waals surface area contributed by atoms with Gasteiger partial charge >= 0.3 is 0 Å². The van der Waals surface area contributed by atoms with Gasteiger partial charge in [0.25, 0.3) is 0 Å². The Morgan fingerprint density at radius 2 is 1.79 bits per heavy atom. The first-order valence-electron chi connectivity index (χ1n) is 8.54. The Bertz CT molecular complexity index is 669. The molecule has 0 aliphatic carbocycles. The summed E-state index contributed by atoms with van der Waals surface area (Å²) in [4.78, 5) is 12.5. The molecule has 0 bridgehead atoms. The molecule has 0 saturated heterocycles. The van der Waals surface area contributed by atoms with Crippen molar-refractivity contribution in [3.8, 4) is 0 Å². The van der Waals surface area contributed by atoms with Crippen molar-refractivity contribution in [3.63, 3.8) is 0 Å². The zero-order valence-electron chi connectivity index (χ0n) is 15.0. The number of hydrogen-bond acceptors (Lipinski definition) is 2. The Morgan fingerprint density at radius 1 is 1.08 bits per heavy atom. The number of thioether (sulfide) groups is 1. The molecule has 0 spiro atoms. The van der Waals surface area contributed by atoms with E-state index in [1.165, 1.54) is 22.3 Å². The van der Waals surface area contributed by atoms with Gasteiger partial charge in [-0.25, -0.2) is 0 Å². The van der Waals surface area contributed by atoms with Gasteiger partial charge in [-0.05, 0) is 49.4 Å². The summed E-state index contributed by atoms with van der Waals surface area (Å²) in [5.41, 5.74) is 5.00. The highest BCUT2D eigenvalue weighted by Gasteiger charge is 2.18. The number of carbonyl (C=O) groups is 1. The van der Waals surface area contributed by atoms with Crippen molar-refractivity contribution in [1.29, 1.82) is 0 Å². The van der Waals surface area contributed by atoms with Gasteiger partial charge in [0.15, 0.2) is 0 Å². The van der Waals surface area contributed by atoms with E-state index < -0.39 is 0 Å². The molecule has 0 aliphatic rings. The fourth-order valence-electron chi connectivity index (χ4n) is 2.56. The van der Waals surface area contributed by atoms with Gasteiger partial charge in [-0.2, -0.15) is 0 Å². The molecule has 0 heterocycles. The smallest absolute Gasteiger partial charge is 0.233 e.